The SMILES string of the molecule is C=Cc1cccc(C(C(=O)NC(C)CCC)N(C(=O)C(Cc2ccccc2)NC(=O)OC(C)(C)C)C(C)(C)CC)c1. The van der Waals surface area contributed by atoms with Gasteiger partial charge in [-0.1, -0.05) is 81.5 Å². The van der Waals surface area contributed by atoms with E-state index in [2.05, 4.69) is 24.1 Å². The van der Waals surface area contributed by atoms with Crippen LogP contribution in [0.25, 0.3) is 6.08 Å². The molecule has 0 saturated carbocycles. The van der Waals surface area contributed by atoms with Crippen LogP contribution in [0, 0.1) is 0 Å². The summed E-state index contributed by atoms with van der Waals surface area (Å²) in [5.74, 6) is -0.628. The second-order valence-electron chi connectivity index (χ2n) is 12.2. The molecule has 0 aromatic heterocycles. The molecule has 0 heterocycles. The molecular formula is C34H49N3O4. The highest BCUT2D eigenvalue weighted by atomic mass is 16.6. The number of nitrogens with one attached hydrogen (secondary N) is 2. The third-order valence-corrected chi connectivity index (χ3v) is 7.11. The standard InChI is InChI=1S/C34H49N3O4/c1-10-17-24(4)35-30(38)29(27-21-16-20-25(11-2)22-27)37(34(8,9)12-3)31(39)28(23-26-18-14-13-15-19-26)36-32(40)41-33(5,6)7/h11,13-16,18-22,24,28-29H,2,10,12,17,23H2,1,3-9H3,(H,35,38)(H,36,40). The Morgan fingerprint density at radius 1 is 0.976 bits per heavy atom. The Hall–Kier alpha value is -3.61. The number of hydrogen-bond acceptors (Lipinski definition) is 4. The van der Waals surface area contributed by atoms with E-state index in [9.17, 15) is 14.4 Å². The topological polar surface area (TPSA) is 87.7 Å². The molecule has 7 nitrogen and oxygen atoms in total. The van der Waals surface area contributed by atoms with Gasteiger partial charge < -0.3 is 20.3 Å². The second kappa shape index (κ2) is 14.9. The summed E-state index contributed by atoms with van der Waals surface area (Å²) in [5, 5.41) is 5.97. The summed E-state index contributed by atoms with van der Waals surface area (Å²) < 4.78 is 5.54. The van der Waals surface area contributed by atoms with Crippen molar-refractivity contribution in [1.82, 2.24) is 15.5 Å². The van der Waals surface area contributed by atoms with E-state index in [-0.39, 0.29) is 24.3 Å². The highest BCUT2D eigenvalue weighted by molar-refractivity contribution is 5.93. The van der Waals surface area contributed by atoms with Crippen LogP contribution in [0.4, 0.5) is 4.79 Å². The molecule has 2 aromatic rings. The van der Waals surface area contributed by atoms with E-state index in [1.54, 1.807) is 31.7 Å². The molecule has 0 radical (unpaired) electrons. The van der Waals surface area contributed by atoms with Gasteiger partial charge in [0.2, 0.25) is 11.8 Å². The molecular weight excluding hydrogens is 514 g/mol. The molecule has 0 aliphatic carbocycles. The minimum absolute atomic E-state index is 0.0701. The Bertz CT molecular complexity index is 1170. The summed E-state index contributed by atoms with van der Waals surface area (Å²) in [7, 11) is 0. The third kappa shape index (κ3) is 10.1. The van der Waals surface area contributed by atoms with E-state index < -0.39 is 29.3 Å². The van der Waals surface area contributed by atoms with Crippen LogP contribution in [0.15, 0.2) is 61.2 Å². The molecule has 0 aliphatic heterocycles. The van der Waals surface area contributed by atoms with Gasteiger partial charge in [-0.15, -0.1) is 0 Å². The maximum atomic E-state index is 14.7. The number of carbonyl (C=O) groups excluding carboxylic acids is 3. The fourth-order valence-corrected chi connectivity index (χ4v) is 4.71. The maximum absolute atomic E-state index is 14.7. The Morgan fingerprint density at radius 3 is 2.20 bits per heavy atom. The van der Waals surface area contributed by atoms with Crippen molar-refractivity contribution in [3.8, 4) is 0 Å². The van der Waals surface area contributed by atoms with Gasteiger partial charge in [0.05, 0.1) is 0 Å². The highest BCUT2D eigenvalue weighted by Crippen LogP contribution is 2.33. The summed E-state index contributed by atoms with van der Waals surface area (Å²) in [6.07, 6.45) is 3.58. The number of carbonyl (C=O) groups is 3. The van der Waals surface area contributed by atoms with Crippen molar-refractivity contribution in [3.63, 3.8) is 0 Å². The van der Waals surface area contributed by atoms with Gasteiger partial charge >= 0.3 is 6.09 Å². The van der Waals surface area contributed by atoms with Crippen molar-refractivity contribution in [3.05, 3.63) is 77.9 Å². The quantitative estimate of drug-likeness (QED) is 0.280. The monoisotopic (exact) mass is 563 g/mol. The number of ether oxygens (including phenoxy) is 1. The number of rotatable bonds is 13. The predicted octanol–water partition coefficient (Wildman–Crippen LogP) is 6.83. The largest absolute Gasteiger partial charge is 0.444 e. The molecule has 3 amide bonds. The van der Waals surface area contributed by atoms with Crippen LogP contribution in [0.2, 0.25) is 0 Å². The van der Waals surface area contributed by atoms with Crippen LogP contribution in [0.1, 0.15) is 97.4 Å². The van der Waals surface area contributed by atoms with Crippen molar-refractivity contribution < 1.29 is 19.1 Å². The van der Waals surface area contributed by atoms with Crippen molar-refractivity contribution in [2.45, 2.75) is 110 Å². The number of amides is 3. The lowest BCUT2D eigenvalue weighted by Gasteiger charge is -2.45. The van der Waals surface area contributed by atoms with Crippen LogP contribution in [0.5, 0.6) is 0 Å². The lowest BCUT2D eigenvalue weighted by atomic mass is 9.90. The van der Waals surface area contributed by atoms with Gasteiger partial charge in [-0.3, -0.25) is 9.59 Å². The molecule has 3 atom stereocenters. The first-order valence-electron chi connectivity index (χ1n) is 14.6. The van der Waals surface area contributed by atoms with Gasteiger partial charge in [-0.2, -0.15) is 0 Å². The zero-order valence-electron chi connectivity index (χ0n) is 26.1. The summed E-state index contributed by atoms with van der Waals surface area (Å²) in [4.78, 5) is 43.4. The van der Waals surface area contributed by atoms with Crippen LogP contribution in [0.3, 0.4) is 0 Å². The fourth-order valence-electron chi connectivity index (χ4n) is 4.71. The van der Waals surface area contributed by atoms with Crippen LogP contribution in [-0.4, -0.2) is 46.0 Å². The lowest BCUT2D eigenvalue weighted by Crippen LogP contribution is -2.60. The number of benzene rings is 2. The summed E-state index contributed by atoms with van der Waals surface area (Å²) in [6.45, 7) is 19.1. The molecule has 2 N–H and O–H groups in total. The first kappa shape index (κ1) is 33.6. The Morgan fingerprint density at radius 2 is 1.63 bits per heavy atom. The highest BCUT2D eigenvalue weighted by Gasteiger charge is 2.43. The summed E-state index contributed by atoms with van der Waals surface area (Å²) in [5.41, 5.74) is 0.922. The maximum Gasteiger partial charge on any atom is 0.408 e. The molecule has 0 fully saturated rings. The van der Waals surface area contributed by atoms with E-state index in [4.69, 9.17) is 4.74 Å². The Labute approximate surface area is 246 Å². The van der Waals surface area contributed by atoms with Crippen molar-refractivity contribution >= 4 is 24.0 Å². The Balaban J connectivity index is 2.68. The average Bonchev–Trinajstić information content (AvgIpc) is 2.90. The minimum Gasteiger partial charge on any atom is -0.444 e. The van der Waals surface area contributed by atoms with E-state index in [1.807, 2.05) is 82.3 Å². The normalized spacial score (nSPS) is 13.9. The van der Waals surface area contributed by atoms with E-state index >= 15 is 0 Å². The zero-order chi connectivity index (χ0) is 30.8. The van der Waals surface area contributed by atoms with Crippen molar-refractivity contribution in [1.29, 1.82) is 0 Å². The van der Waals surface area contributed by atoms with Gasteiger partial charge in [-0.05, 0) is 77.1 Å². The lowest BCUT2D eigenvalue weighted by molar-refractivity contribution is -0.149. The molecule has 0 spiro atoms. The van der Waals surface area contributed by atoms with Gasteiger partial charge in [0.25, 0.3) is 0 Å². The zero-order valence-corrected chi connectivity index (χ0v) is 26.1. The first-order valence-corrected chi connectivity index (χ1v) is 14.6. The first-order chi connectivity index (χ1) is 19.2. The van der Waals surface area contributed by atoms with E-state index in [0.29, 0.717) is 12.0 Å². The second-order valence-corrected chi connectivity index (χ2v) is 12.2. The van der Waals surface area contributed by atoms with Crippen LogP contribution >= 0.6 is 0 Å². The smallest absolute Gasteiger partial charge is 0.408 e. The van der Waals surface area contributed by atoms with Crippen molar-refractivity contribution in [2.75, 3.05) is 0 Å². The molecule has 3 unspecified atom stereocenters. The minimum atomic E-state index is -0.968. The molecule has 7 heteroatoms. The molecule has 0 aliphatic rings. The number of alkyl carbamates (subject to hydrolysis) is 1. The molecule has 0 bridgehead atoms. The number of hydrogen-bond donors (Lipinski definition) is 2. The molecule has 2 aromatic carbocycles. The number of nitrogens with zero attached hydrogens (tertiary/aromatic N) is 1. The van der Waals surface area contributed by atoms with Gasteiger partial charge in [0.1, 0.15) is 17.7 Å². The third-order valence-electron chi connectivity index (χ3n) is 7.11. The average molecular weight is 564 g/mol. The molecule has 2 rings (SSSR count). The predicted molar refractivity (Wildman–Crippen MR) is 166 cm³/mol. The van der Waals surface area contributed by atoms with Gasteiger partial charge in [-0.25, -0.2) is 4.79 Å². The Kier molecular flexibility index (Phi) is 12.2. The molecule has 41 heavy (non-hydrogen) atoms. The molecule has 224 valence electrons. The van der Waals surface area contributed by atoms with Crippen molar-refractivity contribution in [2.24, 2.45) is 0 Å². The molecule has 0 saturated heterocycles. The summed E-state index contributed by atoms with van der Waals surface area (Å²) in [6, 6.07) is 15.1. The van der Waals surface area contributed by atoms with Crippen LogP contribution in [-0.2, 0) is 20.7 Å². The van der Waals surface area contributed by atoms with Gasteiger partial charge in [0.15, 0.2) is 0 Å². The van der Waals surface area contributed by atoms with E-state index in [1.165, 1.54) is 0 Å². The fraction of sp³-hybridized carbons (Fsp3) is 0.500. The van der Waals surface area contributed by atoms with Crippen LogP contribution < -0.4 is 10.6 Å². The van der Waals surface area contributed by atoms with Gasteiger partial charge in [0, 0.05) is 18.0 Å². The summed E-state index contributed by atoms with van der Waals surface area (Å²) >= 11 is 0. The van der Waals surface area contributed by atoms with E-state index in [0.717, 1.165) is 24.0 Å².